The molecule has 1 saturated carbocycles. The molecular weight excluding hydrogens is 358 g/mol. The maximum Gasteiger partial charge on any atom is 0.310 e. The van der Waals surface area contributed by atoms with Gasteiger partial charge in [-0.1, -0.05) is 88.3 Å². The summed E-state index contributed by atoms with van der Waals surface area (Å²) in [7, 11) is 0. The highest BCUT2D eigenvalue weighted by Crippen LogP contribution is 2.35. The first kappa shape index (κ1) is 25.7. The third kappa shape index (κ3) is 12.7. The number of carbonyl (C=O) groups is 1. The molecular formula is C26H45NO2. The van der Waals surface area contributed by atoms with Gasteiger partial charge in [-0.05, 0) is 57.9 Å². The van der Waals surface area contributed by atoms with E-state index in [-0.39, 0.29) is 0 Å². The molecule has 0 heterocycles. The fraction of sp³-hybridized carbons (Fsp3) is 0.731. The van der Waals surface area contributed by atoms with Crippen molar-refractivity contribution in [1.82, 2.24) is 5.32 Å². The maximum absolute atomic E-state index is 11.6. The van der Waals surface area contributed by atoms with Gasteiger partial charge in [0.2, 0.25) is 0 Å². The molecule has 0 atom stereocenters. The number of aliphatic carboxylic acids is 1. The van der Waals surface area contributed by atoms with Crippen molar-refractivity contribution in [1.29, 1.82) is 0 Å². The van der Waals surface area contributed by atoms with E-state index in [4.69, 9.17) is 0 Å². The van der Waals surface area contributed by atoms with Gasteiger partial charge >= 0.3 is 5.97 Å². The zero-order chi connectivity index (χ0) is 21.0. The van der Waals surface area contributed by atoms with Gasteiger partial charge in [0.1, 0.15) is 0 Å². The van der Waals surface area contributed by atoms with Crippen LogP contribution in [0.5, 0.6) is 0 Å². The summed E-state index contributed by atoms with van der Waals surface area (Å²) in [6.07, 6.45) is 30.6. The lowest BCUT2D eigenvalue weighted by atomic mass is 9.74. The second kappa shape index (κ2) is 17.5. The topological polar surface area (TPSA) is 49.3 Å². The standard InChI is InChI=1S/C26H45NO2/c1-2-3-4-5-6-7-8-9-10-11-12-13-14-15-16-20-23-27-24-26(25(28)29)21-18-17-19-22-26/h3-4,6-7,9-10,27H,2,5,8,11-24H2,1H3,(H,28,29)/b4-3-,7-6-,10-9-. The molecule has 0 unspecified atom stereocenters. The van der Waals surface area contributed by atoms with Crippen molar-refractivity contribution in [2.24, 2.45) is 5.41 Å². The number of carboxylic acids is 1. The fourth-order valence-electron chi connectivity index (χ4n) is 4.07. The van der Waals surface area contributed by atoms with Crippen molar-refractivity contribution in [3.63, 3.8) is 0 Å². The summed E-state index contributed by atoms with van der Waals surface area (Å²) < 4.78 is 0. The van der Waals surface area contributed by atoms with Crippen LogP contribution in [0.1, 0.15) is 103 Å². The monoisotopic (exact) mass is 403 g/mol. The van der Waals surface area contributed by atoms with E-state index < -0.39 is 11.4 Å². The van der Waals surface area contributed by atoms with E-state index >= 15 is 0 Å². The van der Waals surface area contributed by atoms with Crippen molar-refractivity contribution in [2.45, 2.75) is 103 Å². The molecule has 3 heteroatoms. The first-order valence-electron chi connectivity index (χ1n) is 12.1. The van der Waals surface area contributed by atoms with Crippen LogP contribution in [0.15, 0.2) is 36.5 Å². The highest BCUT2D eigenvalue weighted by Gasteiger charge is 2.38. The Morgan fingerprint density at radius 1 is 0.828 bits per heavy atom. The lowest BCUT2D eigenvalue weighted by molar-refractivity contribution is -0.150. The SMILES string of the molecule is CC/C=C\C/C=C\C/C=C\CCCCCCCCNCC1(C(=O)O)CCCCC1. The number of nitrogens with one attached hydrogen (secondary N) is 1. The molecule has 0 aromatic rings. The predicted octanol–water partition coefficient (Wildman–Crippen LogP) is 7.20. The Morgan fingerprint density at radius 3 is 2.07 bits per heavy atom. The Balaban J connectivity index is 1.89. The van der Waals surface area contributed by atoms with Crippen LogP contribution in [-0.2, 0) is 4.79 Å². The van der Waals surface area contributed by atoms with Gasteiger partial charge in [-0.15, -0.1) is 0 Å². The zero-order valence-electron chi connectivity index (χ0n) is 18.8. The molecule has 0 aromatic heterocycles. The van der Waals surface area contributed by atoms with Gasteiger partial charge in [-0.25, -0.2) is 0 Å². The fourth-order valence-corrected chi connectivity index (χ4v) is 4.07. The predicted molar refractivity (Wildman–Crippen MR) is 125 cm³/mol. The first-order chi connectivity index (χ1) is 14.2. The Morgan fingerprint density at radius 2 is 1.41 bits per heavy atom. The second-order valence-corrected chi connectivity index (χ2v) is 8.53. The quantitative estimate of drug-likeness (QED) is 0.199. The molecule has 0 spiro atoms. The molecule has 0 bridgehead atoms. The molecule has 2 N–H and O–H groups in total. The maximum atomic E-state index is 11.6. The van der Waals surface area contributed by atoms with E-state index in [0.717, 1.165) is 57.9 Å². The van der Waals surface area contributed by atoms with Crippen molar-refractivity contribution >= 4 is 5.97 Å². The van der Waals surface area contributed by atoms with Crippen LogP contribution in [0.2, 0.25) is 0 Å². The van der Waals surface area contributed by atoms with Crippen LogP contribution in [-0.4, -0.2) is 24.2 Å². The van der Waals surface area contributed by atoms with Crippen LogP contribution in [0.3, 0.4) is 0 Å². The average Bonchev–Trinajstić information content (AvgIpc) is 2.73. The Bertz CT molecular complexity index is 487. The number of unbranched alkanes of at least 4 members (excludes halogenated alkanes) is 6. The molecule has 0 amide bonds. The minimum atomic E-state index is -0.598. The Hall–Kier alpha value is -1.35. The molecule has 0 aromatic carbocycles. The minimum absolute atomic E-state index is 0.492. The third-order valence-electron chi connectivity index (χ3n) is 5.98. The zero-order valence-corrected chi connectivity index (χ0v) is 18.8. The van der Waals surface area contributed by atoms with Crippen LogP contribution >= 0.6 is 0 Å². The number of allylic oxidation sites excluding steroid dienone is 6. The van der Waals surface area contributed by atoms with Gasteiger partial charge in [0, 0.05) is 6.54 Å². The molecule has 0 saturated heterocycles. The summed E-state index contributed by atoms with van der Waals surface area (Å²) in [5.74, 6) is -0.598. The minimum Gasteiger partial charge on any atom is -0.481 e. The van der Waals surface area contributed by atoms with Crippen molar-refractivity contribution in [3.05, 3.63) is 36.5 Å². The second-order valence-electron chi connectivity index (χ2n) is 8.53. The van der Waals surface area contributed by atoms with Gasteiger partial charge in [-0.3, -0.25) is 4.79 Å². The highest BCUT2D eigenvalue weighted by molar-refractivity contribution is 5.75. The van der Waals surface area contributed by atoms with Gasteiger partial charge in [-0.2, -0.15) is 0 Å². The molecule has 29 heavy (non-hydrogen) atoms. The summed E-state index contributed by atoms with van der Waals surface area (Å²) in [5.41, 5.74) is -0.492. The molecule has 1 rings (SSSR count). The molecule has 1 fully saturated rings. The van der Waals surface area contributed by atoms with Crippen molar-refractivity contribution in [2.75, 3.05) is 13.1 Å². The smallest absolute Gasteiger partial charge is 0.310 e. The largest absolute Gasteiger partial charge is 0.481 e. The molecule has 0 radical (unpaired) electrons. The van der Waals surface area contributed by atoms with Gasteiger partial charge in [0.05, 0.1) is 5.41 Å². The van der Waals surface area contributed by atoms with E-state index in [9.17, 15) is 9.90 Å². The third-order valence-corrected chi connectivity index (χ3v) is 5.98. The van der Waals surface area contributed by atoms with Crippen molar-refractivity contribution < 1.29 is 9.90 Å². The van der Waals surface area contributed by atoms with Gasteiger partial charge < -0.3 is 10.4 Å². The van der Waals surface area contributed by atoms with Crippen LogP contribution in [0.4, 0.5) is 0 Å². The number of hydrogen-bond donors (Lipinski definition) is 2. The molecule has 0 aliphatic heterocycles. The van der Waals surface area contributed by atoms with E-state index in [1.54, 1.807) is 0 Å². The molecule has 3 nitrogen and oxygen atoms in total. The summed E-state index contributed by atoms with van der Waals surface area (Å²) in [4.78, 5) is 11.6. The van der Waals surface area contributed by atoms with E-state index in [2.05, 4.69) is 48.7 Å². The van der Waals surface area contributed by atoms with Crippen LogP contribution < -0.4 is 5.32 Å². The summed E-state index contributed by atoms with van der Waals surface area (Å²) >= 11 is 0. The number of carboxylic acid groups (broad SMARTS) is 1. The molecule has 1 aliphatic rings. The lowest BCUT2D eigenvalue weighted by Crippen LogP contribution is -2.42. The van der Waals surface area contributed by atoms with E-state index in [1.807, 2.05) is 0 Å². The van der Waals surface area contributed by atoms with Crippen molar-refractivity contribution in [3.8, 4) is 0 Å². The summed E-state index contributed by atoms with van der Waals surface area (Å²) in [6, 6.07) is 0. The first-order valence-corrected chi connectivity index (χ1v) is 12.1. The summed E-state index contributed by atoms with van der Waals surface area (Å²) in [6.45, 7) is 3.77. The van der Waals surface area contributed by atoms with Gasteiger partial charge in [0.15, 0.2) is 0 Å². The Labute approximate surface area is 179 Å². The lowest BCUT2D eigenvalue weighted by Gasteiger charge is -2.33. The number of hydrogen-bond acceptors (Lipinski definition) is 2. The van der Waals surface area contributed by atoms with Gasteiger partial charge in [0.25, 0.3) is 0 Å². The molecule has 166 valence electrons. The average molecular weight is 404 g/mol. The van der Waals surface area contributed by atoms with E-state index in [1.165, 1.54) is 44.9 Å². The van der Waals surface area contributed by atoms with Crippen LogP contribution in [0, 0.1) is 5.41 Å². The van der Waals surface area contributed by atoms with E-state index in [0.29, 0.717) is 6.54 Å². The number of rotatable bonds is 17. The molecule has 1 aliphatic carbocycles. The summed E-state index contributed by atoms with van der Waals surface area (Å²) in [5, 5.41) is 13.0. The Kier molecular flexibility index (Phi) is 15.5. The van der Waals surface area contributed by atoms with Crippen LogP contribution in [0.25, 0.3) is 0 Å². The normalized spacial score (nSPS) is 17.0. The highest BCUT2D eigenvalue weighted by atomic mass is 16.4.